The largest absolute Gasteiger partial charge is 0.618 e. The lowest BCUT2D eigenvalue weighted by Gasteiger charge is -2.00. The minimum Gasteiger partial charge on any atom is -0.618 e. The van der Waals surface area contributed by atoms with Gasteiger partial charge in [-0.1, -0.05) is 0 Å². The summed E-state index contributed by atoms with van der Waals surface area (Å²) in [5.74, 6) is 1.57. The number of aryl methyl sites for hydroxylation is 1. The lowest BCUT2D eigenvalue weighted by atomic mass is 10.5. The highest BCUT2D eigenvalue weighted by molar-refractivity contribution is 7.98. The van der Waals surface area contributed by atoms with E-state index in [1.807, 2.05) is 6.07 Å². The lowest BCUT2D eigenvalue weighted by molar-refractivity contribution is -0.645. The summed E-state index contributed by atoms with van der Waals surface area (Å²) < 4.78 is 6.00. The SMILES string of the molecule is Cc1nnc(CSc2cccc[n+]2[O-])o1. The van der Waals surface area contributed by atoms with E-state index in [1.54, 1.807) is 19.1 Å². The van der Waals surface area contributed by atoms with Gasteiger partial charge in [-0.3, -0.25) is 0 Å². The predicted octanol–water partition coefficient (Wildman–Crippen LogP) is 1.30. The quantitative estimate of drug-likeness (QED) is 0.446. The van der Waals surface area contributed by atoms with Crippen LogP contribution in [0.5, 0.6) is 0 Å². The molecule has 0 aliphatic carbocycles. The maximum atomic E-state index is 11.3. The normalized spacial score (nSPS) is 10.5. The van der Waals surface area contributed by atoms with Gasteiger partial charge in [-0.05, 0) is 17.8 Å². The molecule has 0 unspecified atom stereocenters. The molecule has 0 aliphatic heterocycles. The van der Waals surface area contributed by atoms with Crippen LogP contribution in [0, 0.1) is 12.1 Å². The first kappa shape index (κ1) is 9.97. The molecule has 2 rings (SSSR count). The molecule has 15 heavy (non-hydrogen) atoms. The molecule has 0 atom stereocenters. The lowest BCUT2D eigenvalue weighted by Crippen LogP contribution is -2.27. The van der Waals surface area contributed by atoms with E-state index in [0.717, 1.165) is 4.73 Å². The van der Waals surface area contributed by atoms with E-state index in [0.29, 0.717) is 22.6 Å². The second-order valence-corrected chi connectivity index (χ2v) is 3.86. The van der Waals surface area contributed by atoms with E-state index in [4.69, 9.17) is 4.42 Å². The minimum atomic E-state index is 0.507. The summed E-state index contributed by atoms with van der Waals surface area (Å²) in [6.45, 7) is 1.73. The summed E-state index contributed by atoms with van der Waals surface area (Å²) >= 11 is 1.37. The second kappa shape index (κ2) is 4.31. The average Bonchev–Trinajstić information content (AvgIpc) is 2.63. The van der Waals surface area contributed by atoms with Gasteiger partial charge in [-0.25, -0.2) is 0 Å². The van der Waals surface area contributed by atoms with E-state index >= 15 is 0 Å². The van der Waals surface area contributed by atoms with Crippen LogP contribution in [0.4, 0.5) is 0 Å². The Morgan fingerprint density at radius 2 is 2.33 bits per heavy atom. The fourth-order valence-corrected chi connectivity index (χ4v) is 1.81. The Balaban J connectivity index is 2.02. The van der Waals surface area contributed by atoms with Crippen LogP contribution in [0.3, 0.4) is 0 Å². The van der Waals surface area contributed by atoms with Crippen LogP contribution in [0.2, 0.25) is 0 Å². The fourth-order valence-electron chi connectivity index (χ4n) is 1.06. The van der Waals surface area contributed by atoms with Crippen molar-refractivity contribution in [1.29, 1.82) is 0 Å². The molecule has 0 spiro atoms. The Morgan fingerprint density at radius 3 is 3.00 bits per heavy atom. The van der Waals surface area contributed by atoms with Crippen molar-refractivity contribution < 1.29 is 9.15 Å². The first-order valence-corrected chi connectivity index (χ1v) is 5.34. The summed E-state index contributed by atoms with van der Waals surface area (Å²) in [6, 6.07) is 5.25. The molecule has 78 valence electrons. The van der Waals surface area contributed by atoms with Crippen molar-refractivity contribution in [3.8, 4) is 0 Å². The highest BCUT2D eigenvalue weighted by atomic mass is 32.2. The molecule has 0 saturated heterocycles. The van der Waals surface area contributed by atoms with Crippen LogP contribution < -0.4 is 4.73 Å². The maximum Gasteiger partial charge on any atom is 0.251 e. The van der Waals surface area contributed by atoms with Gasteiger partial charge < -0.3 is 9.62 Å². The van der Waals surface area contributed by atoms with Crippen LogP contribution >= 0.6 is 11.8 Å². The zero-order valence-electron chi connectivity index (χ0n) is 8.08. The topological polar surface area (TPSA) is 65.9 Å². The van der Waals surface area contributed by atoms with Crippen LogP contribution in [-0.4, -0.2) is 10.2 Å². The summed E-state index contributed by atoms with van der Waals surface area (Å²) in [5, 5.41) is 19.4. The molecule has 6 heteroatoms. The van der Waals surface area contributed by atoms with Gasteiger partial charge >= 0.3 is 0 Å². The van der Waals surface area contributed by atoms with Crippen molar-refractivity contribution in [2.45, 2.75) is 17.7 Å². The molecule has 2 aromatic rings. The molecule has 0 N–H and O–H groups in total. The van der Waals surface area contributed by atoms with Crippen molar-refractivity contribution >= 4 is 11.8 Å². The van der Waals surface area contributed by atoms with E-state index < -0.39 is 0 Å². The number of pyridine rings is 1. The molecule has 0 aromatic carbocycles. The predicted molar refractivity (Wildman–Crippen MR) is 54.0 cm³/mol. The Morgan fingerprint density at radius 1 is 1.47 bits per heavy atom. The number of thioether (sulfide) groups is 1. The highest BCUT2D eigenvalue weighted by Crippen LogP contribution is 2.17. The molecule has 0 aliphatic rings. The number of hydrogen-bond donors (Lipinski definition) is 0. The summed E-state index contributed by atoms with van der Waals surface area (Å²) in [5.41, 5.74) is 0. The third kappa shape index (κ3) is 2.47. The van der Waals surface area contributed by atoms with Crippen LogP contribution in [0.15, 0.2) is 33.8 Å². The zero-order valence-corrected chi connectivity index (χ0v) is 8.90. The van der Waals surface area contributed by atoms with E-state index in [9.17, 15) is 5.21 Å². The van der Waals surface area contributed by atoms with Crippen LogP contribution in [0.1, 0.15) is 11.8 Å². The molecule has 0 fully saturated rings. The van der Waals surface area contributed by atoms with Gasteiger partial charge in [0.25, 0.3) is 5.03 Å². The first-order chi connectivity index (χ1) is 7.25. The smallest absolute Gasteiger partial charge is 0.251 e. The fraction of sp³-hybridized carbons (Fsp3) is 0.222. The van der Waals surface area contributed by atoms with Gasteiger partial charge in [0.1, 0.15) is 0 Å². The summed E-state index contributed by atoms with van der Waals surface area (Å²) in [6.07, 6.45) is 1.46. The number of aromatic nitrogens is 3. The Bertz CT molecular complexity index is 458. The molecule has 0 bridgehead atoms. The molecular formula is C9H9N3O2S. The van der Waals surface area contributed by atoms with Gasteiger partial charge in [-0.15, -0.1) is 10.2 Å². The van der Waals surface area contributed by atoms with Crippen LogP contribution in [0.25, 0.3) is 0 Å². The van der Waals surface area contributed by atoms with Crippen LogP contribution in [-0.2, 0) is 5.75 Å². The average molecular weight is 223 g/mol. The van der Waals surface area contributed by atoms with Crippen molar-refractivity contribution in [1.82, 2.24) is 10.2 Å². The Hall–Kier alpha value is -1.56. The maximum absolute atomic E-state index is 11.3. The van der Waals surface area contributed by atoms with E-state index in [2.05, 4.69) is 10.2 Å². The number of rotatable bonds is 3. The van der Waals surface area contributed by atoms with Gasteiger partial charge in [0, 0.05) is 19.1 Å². The second-order valence-electron chi connectivity index (χ2n) is 2.87. The minimum absolute atomic E-state index is 0.507. The number of hydrogen-bond acceptors (Lipinski definition) is 5. The third-order valence-corrected chi connectivity index (χ3v) is 2.70. The first-order valence-electron chi connectivity index (χ1n) is 4.35. The van der Waals surface area contributed by atoms with Crippen molar-refractivity contribution in [2.75, 3.05) is 0 Å². The van der Waals surface area contributed by atoms with E-state index in [-0.39, 0.29) is 0 Å². The van der Waals surface area contributed by atoms with Crippen molar-refractivity contribution in [2.24, 2.45) is 0 Å². The molecule has 0 radical (unpaired) electrons. The van der Waals surface area contributed by atoms with Gasteiger partial charge in [0.15, 0.2) is 6.20 Å². The zero-order chi connectivity index (χ0) is 10.7. The van der Waals surface area contributed by atoms with Gasteiger partial charge in [0.05, 0.1) is 5.75 Å². The standard InChI is InChI=1S/C9H9N3O2S/c1-7-10-11-8(14-7)6-15-9-4-2-3-5-12(9)13/h2-5H,6H2,1H3. The molecule has 0 amide bonds. The monoisotopic (exact) mass is 223 g/mol. The molecule has 5 nitrogen and oxygen atoms in total. The number of nitrogens with zero attached hydrogens (tertiary/aromatic N) is 3. The van der Waals surface area contributed by atoms with Gasteiger partial charge in [-0.2, -0.15) is 4.73 Å². The molecule has 2 heterocycles. The highest BCUT2D eigenvalue weighted by Gasteiger charge is 2.08. The Kier molecular flexibility index (Phi) is 2.86. The van der Waals surface area contributed by atoms with Crippen molar-refractivity contribution in [3.05, 3.63) is 41.4 Å². The molecule has 0 saturated carbocycles. The summed E-state index contributed by atoms with van der Waals surface area (Å²) in [7, 11) is 0. The Labute approximate surface area is 90.7 Å². The summed E-state index contributed by atoms with van der Waals surface area (Å²) in [4.78, 5) is 0. The van der Waals surface area contributed by atoms with Crippen molar-refractivity contribution in [3.63, 3.8) is 0 Å². The van der Waals surface area contributed by atoms with E-state index in [1.165, 1.54) is 18.0 Å². The molecule has 2 aromatic heterocycles. The third-order valence-electron chi connectivity index (χ3n) is 1.70. The molecular weight excluding hydrogens is 214 g/mol. The van der Waals surface area contributed by atoms with Gasteiger partial charge in [0.2, 0.25) is 11.8 Å².